The molecule has 0 spiro atoms. The standard InChI is InChI=1S/C25H20ClNO4S2/c1-29-19-11-12-21(30-13-14-31-22-10-6-5-9-20(22)26)17(15-19)16-23-24(28)27(25(32)33-23)18-7-3-2-4-8-18/h2-12,15-16H,13-14H2,1H3. The van der Waals surface area contributed by atoms with Gasteiger partial charge in [-0.2, -0.15) is 0 Å². The molecule has 0 atom stereocenters. The molecule has 0 aromatic heterocycles. The van der Waals surface area contributed by atoms with Gasteiger partial charge in [-0.05, 0) is 48.5 Å². The van der Waals surface area contributed by atoms with Crippen LogP contribution in [-0.2, 0) is 4.79 Å². The van der Waals surface area contributed by atoms with Crippen molar-refractivity contribution in [1.82, 2.24) is 0 Å². The Morgan fingerprint density at radius 3 is 2.39 bits per heavy atom. The number of hydrogen-bond donors (Lipinski definition) is 0. The van der Waals surface area contributed by atoms with Crippen LogP contribution in [0, 0.1) is 0 Å². The van der Waals surface area contributed by atoms with Crippen molar-refractivity contribution in [2.45, 2.75) is 0 Å². The zero-order valence-corrected chi connectivity index (χ0v) is 20.1. The summed E-state index contributed by atoms with van der Waals surface area (Å²) in [5.41, 5.74) is 1.45. The summed E-state index contributed by atoms with van der Waals surface area (Å²) in [5.74, 6) is 1.68. The number of benzene rings is 3. The minimum Gasteiger partial charge on any atom is -0.497 e. The maximum atomic E-state index is 13.1. The number of anilines is 1. The number of ether oxygens (including phenoxy) is 3. The van der Waals surface area contributed by atoms with Gasteiger partial charge in [0.05, 0.1) is 22.7 Å². The van der Waals surface area contributed by atoms with Crippen LogP contribution in [-0.4, -0.2) is 30.6 Å². The molecule has 3 aromatic rings. The Hall–Kier alpha value is -3.00. The molecule has 5 nitrogen and oxygen atoms in total. The lowest BCUT2D eigenvalue weighted by Gasteiger charge is -2.14. The highest BCUT2D eigenvalue weighted by molar-refractivity contribution is 8.27. The van der Waals surface area contributed by atoms with Crippen molar-refractivity contribution in [3.8, 4) is 17.2 Å². The van der Waals surface area contributed by atoms with Crippen LogP contribution in [0.25, 0.3) is 6.08 Å². The predicted molar refractivity (Wildman–Crippen MR) is 138 cm³/mol. The second kappa shape index (κ2) is 10.7. The highest BCUT2D eigenvalue weighted by atomic mass is 35.5. The van der Waals surface area contributed by atoms with E-state index in [2.05, 4.69) is 0 Å². The van der Waals surface area contributed by atoms with Crippen LogP contribution in [0.4, 0.5) is 5.69 Å². The topological polar surface area (TPSA) is 48.0 Å². The lowest BCUT2D eigenvalue weighted by atomic mass is 10.1. The SMILES string of the molecule is COc1ccc(OCCOc2ccccc2Cl)c(C=C2SC(=S)N(c3ccccc3)C2=O)c1. The summed E-state index contributed by atoms with van der Waals surface area (Å²) >= 11 is 12.8. The van der Waals surface area contributed by atoms with Gasteiger partial charge in [0.15, 0.2) is 4.32 Å². The van der Waals surface area contributed by atoms with Crippen LogP contribution >= 0.6 is 35.6 Å². The van der Waals surface area contributed by atoms with E-state index in [1.54, 1.807) is 37.5 Å². The van der Waals surface area contributed by atoms with Crippen molar-refractivity contribution in [2.75, 3.05) is 25.2 Å². The van der Waals surface area contributed by atoms with Crippen molar-refractivity contribution in [2.24, 2.45) is 0 Å². The molecule has 1 fully saturated rings. The third kappa shape index (κ3) is 5.50. The average molecular weight is 498 g/mol. The predicted octanol–water partition coefficient (Wildman–Crippen LogP) is 6.21. The quantitative estimate of drug-likeness (QED) is 0.209. The van der Waals surface area contributed by atoms with Crippen LogP contribution < -0.4 is 19.1 Å². The smallest absolute Gasteiger partial charge is 0.270 e. The number of thiocarbonyl (C=S) groups is 1. The molecule has 1 aliphatic heterocycles. The molecule has 1 heterocycles. The molecular weight excluding hydrogens is 478 g/mol. The first-order valence-electron chi connectivity index (χ1n) is 10.1. The summed E-state index contributed by atoms with van der Waals surface area (Å²) < 4.78 is 17.5. The van der Waals surface area contributed by atoms with Crippen LogP contribution in [0.1, 0.15) is 5.56 Å². The Morgan fingerprint density at radius 1 is 0.970 bits per heavy atom. The maximum Gasteiger partial charge on any atom is 0.270 e. The van der Waals surface area contributed by atoms with E-state index in [0.29, 0.717) is 50.3 Å². The number of para-hydroxylation sites is 2. The van der Waals surface area contributed by atoms with E-state index in [1.807, 2.05) is 48.5 Å². The first-order valence-corrected chi connectivity index (χ1v) is 11.7. The molecule has 1 amide bonds. The van der Waals surface area contributed by atoms with Gasteiger partial charge in [0.1, 0.15) is 30.5 Å². The number of carbonyl (C=O) groups is 1. The number of rotatable bonds is 8. The lowest BCUT2D eigenvalue weighted by Crippen LogP contribution is -2.27. The van der Waals surface area contributed by atoms with E-state index >= 15 is 0 Å². The number of thioether (sulfide) groups is 1. The van der Waals surface area contributed by atoms with Crippen LogP contribution in [0.2, 0.25) is 5.02 Å². The van der Waals surface area contributed by atoms with Gasteiger partial charge in [0.25, 0.3) is 5.91 Å². The van der Waals surface area contributed by atoms with E-state index in [0.717, 1.165) is 5.69 Å². The molecule has 0 aliphatic carbocycles. The molecule has 0 N–H and O–H groups in total. The van der Waals surface area contributed by atoms with E-state index in [1.165, 1.54) is 16.7 Å². The number of halogens is 1. The van der Waals surface area contributed by atoms with Gasteiger partial charge in [-0.25, -0.2) is 0 Å². The molecule has 1 saturated heterocycles. The fourth-order valence-electron chi connectivity index (χ4n) is 3.17. The van der Waals surface area contributed by atoms with Crippen LogP contribution in [0.3, 0.4) is 0 Å². The van der Waals surface area contributed by atoms with Gasteiger partial charge >= 0.3 is 0 Å². The summed E-state index contributed by atoms with van der Waals surface area (Å²) in [7, 11) is 1.59. The van der Waals surface area contributed by atoms with Crippen molar-refractivity contribution < 1.29 is 19.0 Å². The Labute approximate surface area is 206 Å². The third-order valence-corrected chi connectivity index (χ3v) is 6.36. The highest BCUT2D eigenvalue weighted by Crippen LogP contribution is 2.37. The molecule has 0 bridgehead atoms. The fourth-order valence-corrected chi connectivity index (χ4v) is 4.65. The molecule has 0 unspecified atom stereocenters. The molecule has 3 aromatic carbocycles. The monoisotopic (exact) mass is 497 g/mol. The van der Waals surface area contributed by atoms with E-state index in [-0.39, 0.29) is 5.91 Å². The normalized spacial score (nSPS) is 14.6. The van der Waals surface area contributed by atoms with Gasteiger partial charge in [0.2, 0.25) is 0 Å². The van der Waals surface area contributed by atoms with E-state index in [4.69, 9.17) is 38.0 Å². The highest BCUT2D eigenvalue weighted by Gasteiger charge is 2.33. The van der Waals surface area contributed by atoms with Crippen molar-refractivity contribution in [3.05, 3.63) is 88.3 Å². The molecular formula is C25H20ClNO4S2. The van der Waals surface area contributed by atoms with Gasteiger partial charge in [-0.15, -0.1) is 0 Å². The first kappa shape index (κ1) is 23.2. The Bertz CT molecular complexity index is 1200. The minimum atomic E-state index is -0.174. The molecule has 168 valence electrons. The molecule has 33 heavy (non-hydrogen) atoms. The first-order chi connectivity index (χ1) is 16.1. The zero-order valence-electron chi connectivity index (χ0n) is 17.7. The van der Waals surface area contributed by atoms with Crippen LogP contribution in [0.15, 0.2) is 77.7 Å². The van der Waals surface area contributed by atoms with Crippen molar-refractivity contribution in [1.29, 1.82) is 0 Å². The van der Waals surface area contributed by atoms with Gasteiger partial charge < -0.3 is 14.2 Å². The summed E-state index contributed by atoms with van der Waals surface area (Å²) in [6.45, 7) is 0.606. The van der Waals surface area contributed by atoms with Gasteiger partial charge in [-0.1, -0.05) is 65.9 Å². The fraction of sp³-hybridized carbons (Fsp3) is 0.120. The summed E-state index contributed by atoms with van der Waals surface area (Å²) in [6, 6.07) is 22.0. The second-order valence-electron chi connectivity index (χ2n) is 6.88. The Balaban J connectivity index is 1.51. The summed E-state index contributed by atoms with van der Waals surface area (Å²) in [5, 5.41) is 0.545. The summed E-state index contributed by atoms with van der Waals surface area (Å²) in [6.07, 6.45) is 1.77. The molecule has 8 heteroatoms. The number of carbonyl (C=O) groups excluding carboxylic acids is 1. The number of nitrogens with zero attached hydrogens (tertiary/aromatic N) is 1. The number of hydrogen-bond acceptors (Lipinski definition) is 6. The Morgan fingerprint density at radius 2 is 1.67 bits per heavy atom. The van der Waals surface area contributed by atoms with Gasteiger partial charge in [0, 0.05) is 5.56 Å². The summed E-state index contributed by atoms with van der Waals surface area (Å²) in [4.78, 5) is 15.1. The average Bonchev–Trinajstić information content (AvgIpc) is 3.11. The largest absolute Gasteiger partial charge is 0.497 e. The number of amides is 1. The molecule has 4 rings (SSSR count). The third-order valence-electron chi connectivity index (χ3n) is 4.75. The van der Waals surface area contributed by atoms with Crippen molar-refractivity contribution in [3.63, 3.8) is 0 Å². The maximum absolute atomic E-state index is 13.1. The van der Waals surface area contributed by atoms with E-state index in [9.17, 15) is 4.79 Å². The van der Waals surface area contributed by atoms with Crippen molar-refractivity contribution >= 4 is 57.6 Å². The zero-order chi connectivity index (χ0) is 23.2. The number of methoxy groups -OCH3 is 1. The van der Waals surface area contributed by atoms with Gasteiger partial charge in [-0.3, -0.25) is 9.69 Å². The lowest BCUT2D eigenvalue weighted by molar-refractivity contribution is -0.113. The van der Waals surface area contributed by atoms with E-state index < -0.39 is 0 Å². The Kier molecular flexibility index (Phi) is 7.54. The molecule has 1 aliphatic rings. The van der Waals surface area contributed by atoms with Crippen LogP contribution in [0.5, 0.6) is 17.2 Å². The second-order valence-corrected chi connectivity index (χ2v) is 8.97. The molecule has 0 saturated carbocycles. The minimum absolute atomic E-state index is 0.174. The molecule has 0 radical (unpaired) electrons.